The molecule has 0 aromatic carbocycles. The van der Waals surface area contributed by atoms with Gasteiger partial charge in [-0.05, 0) is 25.5 Å². The molecule has 2 aromatic rings. The number of hydrogen-bond acceptors (Lipinski definition) is 7. The molecule has 2 aromatic heterocycles. The van der Waals surface area contributed by atoms with Crippen LogP contribution in [-0.2, 0) is 6.42 Å². The predicted molar refractivity (Wildman–Crippen MR) is 74.7 cm³/mol. The number of nitrogens with one attached hydrogen (secondary N) is 2. The molecule has 0 spiro atoms. The minimum atomic E-state index is -0.439. The van der Waals surface area contributed by atoms with Crippen LogP contribution in [0.4, 0.5) is 5.13 Å². The lowest BCUT2D eigenvalue weighted by molar-refractivity contribution is 0.102. The van der Waals surface area contributed by atoms with Crippen LogP contribution < -0.4 is 16.6 Å². The highest BCUT2D eigenvalue weighted by molar-refractivity contribution is 7.15. The van der Waals surface area contributed by atoms with Crippen LogP contribution in [0.1, 0.15) is 28.3 Å². The average molecular weight is 294 g/mol. The number of hydrogen-bond donors (Lipinski definition) is 3. The molecule has 8 nitrogen and oxygen atoms in total. The zero-order chi connectivity index (χ0) is 14.4. The lowest BCUT2D eigenvalue weighted by Gasteiger charge is -1.98. The van der Waals surface area contributed by atoms with Crippen LogP contribution in [-0.4, -0.2) is 32.8 Å². The first-order chi connectivity index (χ1) is 9.69. The molecule has 0 saturated heterocycles. The molecule has 0 aliphatic carbocycles. The van der Waals surface area contributed by atoms with E-state index in [4.69, 9.17) is 5.73 Å². The molecule has 0 radical (unpaired) electrons. The van der Waals surface area contributed by atoms with E-state index in [-0.39, 0.29) is 11.3 Å². The second-order valence-corrected chi connectivity index (χ2v) is 5.07. The Bertz CT molecular complexity index is 617. The molecule has 9 heteroatoms. The highest BCUT2D eigenvalue weighted by atomic mass is 32.1. The fraction of sp³-hybridized carbons (Fsp3) is 0.364. The zero-order valence-electron chi connectivity index (χ0n) is 10.6. The van der Waals surface area contributed by atoms with Gasteiger partial charge >= 0.3 is 0 Å². The quantitative estimate of drug-likeness (QED) is 0.651. The van der Waals surface area contributed by atoms with Gasteiger partial charge in [0.2, 0.25) is 5.13 Å². The van der Waals surface area contributed by atoms with E-state index in [1.165, 1.54) is 23.5 Å². The van der Waals surface area contributed by atoms with E-state index in [9.17, 15) is 9.59 Å². The van der Waals surface area contributed by atoms with Gasteiger partial charge in [0.25, 0.3) is 11.5 Å². The van der Waals surface area contributed by atoms with E-state index in [1.807, 2.05) is 0 Å². The van der Waals surface area contributed by atoms with Crippen LogP contribution in [0.15, 0.2) is 16.9 Å². The lowest BCUT2D eigenvalue weighted by atomic mass is 10.2. The number of carbonyl (C=O) groups is 1. The Kier molecular flexibility index (Phi) is 4.91. The summed E-state index contributed by atoms with van der Waals surface area (Å²) in [5, 5.41) is 17.5. The molecule has 0 atom stereocenters. The van der Waals surface area contributed by atoms with Gasteiger partial charge in [-0.1, -0.05) is 11.3 Å². The Morgan fingerprint density at radius 1 is 1.35 bits per heavy atom. The Labute approximate surface area is 118 Å². The number of H-pyrrole nitrogens is 1. The van der Waals surface area contributed by atoms with Crippen LogP contribution >= 0.6 is 11.3 Å². The summed E-state index contributed by atoms with van der Waals surface area (Å²) in [4.78, 5) is 22.7. The van der Waals surface area contributed by atoms with Gasteiger partial charge in [-0.2, -0.15) is 5.10 Å². The molecule has 1 amide bonds. The third kappa shape index (κ3) is 3.93. The van der Waals surface area contributed by atoms with Crippen molar-refractivity contribution in [2.45, 2.75) is 19.3 Å². The van der Waals surface area contributed by atoms with Gasteiger partial charge in [-0.15, -0.1) is 10.2 Å². The minimum absolute atomic E-state index is 0.115. The van der Waals surface area contributed by atoms with E-state index in [0.717, 1.165) is 24.3 Å². The molecular weight excluding hydrogens is 280 g/mol. The zero-order valence-corrected chi connectivity index (χ0v) is 11.4. The first-order valence-corrected chi connectivity index (χ1v) is 6.90. The average Bonchev–Trinajstić information content (AvgIpc) is 2.87. The number of anilines is 1. The smallest absolute Gasteiger partial charge is 0.277 e. The fourth-order valence-electron chi connectivity index (χ4n) is 1.46. The van der Waals surface area contributed by atoms with Gasteiger partial charge in [0, 0.05) is 12.5 Å². The Hall–Kier alpha value is -2.13. The maximum atomic E-state index is 11.8. The molecule has 0 bridgehead atoms. The van der Waals surface area contributed by atoms with Crippen molar-refractivity contribution in [1.29, 1.82) is 0 Å². The van der Waals surface area contributed by atoms with Gasteiger partial charge in [0.05, 0.1) is 0 Å². The maximum absolute atomic E-state index is 11.8. The molecule has 0 aliphatic rings. The van der Waals surface area contributed by atoms with Gasteiger partial charge < -0.3 is 5.73 Å². The molecule has 2 heterocycles. The summed E-state index contributed by atoms with van der Waals surface area (Å²) in [5.74, 6) is -0.439. The second kappa shape index (κ2) is 6.87. The predicted octanol–water partition coefficient (Wildman–Crippen LogP) is 0.155. The molecule has 0 fully saturated rings. The highest BCUT2D eigenvalue weighted by Crippen LogP contribution is 2.17. The number of aromatic nitrogens is 4. The first kappa shape index (κ1) is 14.3. The Morgan fingerprint density at radius 2 is 2.20 bits per heavy atom. The van der Waals surface area contributed by atoms with Crippen molar-refractivity contribution in [3.05, 3.63) is 33.2 Å². The van der Waals surface area contributed by atoms with Crippen LogP contribution in [0, 0.1) is 0 Å². The molecule has 20 heavy (non-hydrogen) atoms. The summed E-state index contributed by atoms with van der Waals surface area (Å²) < 4.78 is 0. The number of aryl methyl sites for hydroxylation is 1. The molecule has 106 valence electrons. The monoisotopic (exact) mass is 294 g/mol. The summed E-state index contributed by atoms with van der Waals surface area (Å²) in [5.41, 5.74) is 5.17. The van der Waals surface area contributed by atoms with Gasteiger partial charge in [0.15, 0.2) is 0 Å². The normalized spacial score (nSPS) is 10.4. The van der Waals surface area contributed by atoms with Crippen LogP contribution in [0.3, 0.4) is 0 Å². The van der Waals surface area contributed by atoms with Gasteiger partial charge in [-0.25, -0.2) is 5.10 Å². The summed E-state index contributed by atoms with van der Waals surface area (Å²) in [6.45, 7) is 0.653. The standard InChI is InChI=1S/C11H14N6O2S/c12-6-2-1-3-9-16-17-11(20-9)13-10(19)7-4-5-8(18)15-14-7/h4-5H,1-3,6,12H2,(H,15,18)(H,13,17,19). The molecular formula is C11H14N6O2S. The maximum Gasteiger partial charge on any atom is 0.277 e. The van der Waals surface area contributed by atoms with E-state index in [1.54, 1.807) is 0 Å². The lowest BCUT2D eigenvalue weighted by Crippen LogP contribution is -2.17. The minimum Gasteiger partial charge on any atom is -0.330 e. The molecule has 0 saturated carbocycles. The number of unbranched alkanes of at least 4 members (excludes halogenated alkanes) is 1. The third-order valence-electron chi connectivity index (χ3n) is 2.44. The van der Waals surface area contributed by atoms with Crippen molar-refractivity contribution >= 4 is 22.4 Å². The Morgan fingerprint density at radius 3 is 2.90 bits per heavy atom. The SMILES string of the molecule is NCCCCc1nnc(NC(=O)c2ccc(=O)[nH]n2)s1. The number of amides is 1. The topological polar surface area (TPSA) is 127 Å². The largest absolute Gasteiger partial charge is 0.330 e. The van der Waals surface area contributed by atoms with Crippen molar-refractivity contribution in [3.63, 3.8) is 0 Å². The van der Waals surface area contributed by atoms with Crippen molar-refractivity contribution < 1.29 is 4.79 Å². The van der Waals surface area contributed by atoms with Crippen molar-refractivity contribution in [3.8, 4) is 0 Å². The summed E-state index contributed by atoms with van der Waals surface area (Å²) >= 11 is 1.31. The molecule has 0 unspecified atom stereocenters. The van der Waals surface area contributed by atoms with E-state index in [2.05, 4.69) is 25.7 Å². The second-order valence-electron chi connectivity index (χ2n) is 4.01. The van der Waals surface area contributed by atoms with Crippen LogP contribution in [0.2, 0.25) is 0 Å². The van der Waals surface area contributed by atoms with Crippen molar-refractivity contribution in [2.24, 2.45) is 5.73 Å². The number of rotatable bonds is 6. The fourth-order valence-corrected chi connectivity index (χ4v) is 2.23. The van der Waals surface area contributed by atoms with E-state index in [0.29, 0.717) is 11.7 Å². The summed E-state index contributed by atoms with van der Waals surface area (Å²) in [6, 6.07) is 2.58. The number of nitrogens with two attached hydrogens (primary N) is 1. The summed E-state index contributed by atoms with van der Waals surface area (Å²) in [6.07, 6.45) is 2.67. The van der Waals surface area contributed by atoms with E-state index < -0.39 is 5.91 Å². The Balaban J connectivity index is 1.94. The number of nitrogens with zero attached hydrogens (tertiary/aromatic N) is 3. The number of carbonyl (C=O) groups excluding carboxylic acids is 1. The molecule has 0 aliphatic heterocycles. The summed E-state index contributed by atoms with van der Waals surface area (Å²) in [7, 11) is 0. The van der Waals surface area contributed by atoms with E-state index >= 15 is 0 Å². The molecule has 4 N–H and O–H groups in total. The third-order valence-corrected chi connectivity index (χ3v) is 3.34. The van der Waals surface area contributed by atoms with Crippen molar-refractivity contribution in [1.82, 2.24) is 20.4 Å². The highest BCUT2D eigenvalue weighted by Gasteiger charge is 2.11. The van der Waals surface area contributed by atoms with Crippen LogP contribution in [0.25, 0.3) is 0 Å². The van der Waals surface area contributed by atoms with Gasteiger partial charge in [0.1, 0.15) is 10.7 Å². The molecule has 2 rings (SSSR count). The number of aromatic amines is 1. The van der Waals surface area contributed by atoms with Crippen molar-refractivity contribution in [2.75, 3.05) is 11.9 Å². The van der Waals surface area contributed by atoms with Crippen LogP contribution in [0.5, 0.6) is 0 Å². The first-order valence-electron chi connectivity index (χ1n) is 6.08. The van der Waals surface area contributed by atoms with Gasteiger partial charge in [-0.3, -0.25) is 14.9 Å².